The van der Waals surface area contributed by atoms with Gasteiger partial charge in [0, 0.05) is 31.6 Å². The second-order valence-electron chi connectivity index (χ2n) is 5.49. The van der Waals surface area contributed by atoms with Gasteiger partial charge in [0.1, 0.15) is 0 Å². The second kappa shape index (κ2) is 9.61. The number of nitrogens with zero attached hydrogens (tertiary/aromatic N) is 1. The molecule has 0 aliphatic carbocycles. The van der Waals surface area contributed by atoms with Crippen molar-refractivity contribution in [3.05, 3.63) is 0 Å². The molecule has 6 nitrogen and oxygen atoms in total. The topological polar surface area (TPSA) is 92.5 Å². The minimum atomic E-state index is -3.14. The molecule has 0 aromatic heterocycles. The Morgan fingerprint density at radius 3 is 2.43 bits per heavy atom. The van der Waals surface area contributed by atoms with Crippen LogP contribution in [0.25, 0.3) is 0 Å². The molecule has 1 saturated heterocycles. The zero-order valence-electron chi connectivity index (χ0n) is 12.9. The van der Waals surface area contributed by atoms with E-state index in [9.17, 15) is 13.2 Å². The van der Waals surface area contributed by atoms with Crippen LogP contribution >= 0.6 is 12.4 Å². The average molecular weight is 342 g/mol. The van der Waals surface area contributed by atoms with Gasteiger partial charge in [-0.05, 0) is 26.2 Å². The lowest BCUT2D eigenvalue weighted by atomic mass is 9.97. The van der Waals surface area contributed by atoms with Crippen molar-refractivity contribution in [3.63, 3.8) is 0 Å². The third-order valence-corrected chi connectivity index (χ3v) is 5.67. The molecule has 1 heterocycles. The minimum absolute atomic E-state index is 0. The van der Waals surface area contributed by atoms with Gasteiger partial charge in [0.25, 0.3) is 0 Å². The number of nitrogens with two attached hydrogens (primary N) is 1. The summed E-state index contributed by atoms with van der Waals surface area (Å²) in [4.78, 5) is 12.0. The standard InChI is InChI=1S/C13H27N3O3S.ClH/c1-3-4-9-20(18,19)16-7-5-12(6-8-16)13(17)15-11(2)10-14;/h11-12H,3-10,14H2,1-2H3,(H,15,17);1H/t11-;/m0./s1. The van der Waals surface area contributed by atoms with Gasteiger partial charge in [0.05, 0.1) is 5.75 Å². The van der Waals surface area contributed by atoms with E-state index >= 15 is 0 Å². The van der Waals surface area contributed by atoms with Gasteiger partial charge in [-0.25, -0.2) is 12.7 Å². The third-order valence-electron chi connectivity index (χ3n) is 3.72. The number of unbranched alkanes of at least 4 members (excludes halogenated alkanes) is 1. The second-order valence-corrected chi connectivity index (χ2v) is 7.58. The molecule has 126 valence electrons. The summed E-state index contributed by atoms with van der Waals surface area (Å²) in [5.74, 6) is 0.111. The summed E-state index contributed by atoms with van der Waals surface area (Å²) in [6, 6.07) is -0.0335. The predicted molar refractivity (Wildman–Crippen MR) is 86.9 cm³/mol. The van der Waals surface area contributed by atoms with Crippen LogP contribution in [-0.2, 0) is 14.8 Å². The zero-order chi connectivity index (χ0) is 15.2. The summed E-state index contributed by atoms with van der Waals surface area (Å²) in [7, 11) is -3.14. The lowest BCUT2D eigenvalue weighted by Gasteiger charge is -2.31. The van der Waals surface area contributed by atoms with Gasteiger partial charge in [0.15, 0.2) is 0 Å². The lowest BCUT2D eigenvalue weighted by Crippen LogP contribution is -2.46. The Hall–Kier alpha value is -0.370. The number of sulfonamides is 1. The Bertz CT molecular complexity index is 409. The van der Waals surface area contributed by atoms with E-state index in [0.717, 1.165) is 6.42 Å². The first-order valence-electron chi connectivity index (χ1n) is 7.39. The van der Waals surface area contributed by atoms with E-state index in [2.05, 4.69) is 5.32 Å². The zero-order valence-corrected chi connectivity index (χ0v) is 14.5. The van der Waals surface area contributed by atoms with Crippen molar-refractivity contribution in [1.29, 1.82) is 0 Å². The number of rotatable bonds is 7. The number of amides is 1. The van der Waals surface area contributed by atoms with Gasteiger partial charge >= 0.3 is 0 Å². The van der Waals surface area contributed by atoms with E-state index in [1.807, 2.05) is 13.8 Å². The van der Waals surface area contributed by atoms with Crippen LogP contribution in [0.15, 0.2) is 0 Å². The highest BCUT2D eigenvalue weighted by atomic mass is 35.5. The van der Waals surface area contributed by atoms with Gasteiger partial charge in [-0.3, -0.25) is 4.79 Å². The Labute approximate surface area is 134 Å². The molecule has 21 heavy (non-hydrogen) atoms. The largest absolute Gasteiger partial charge is 0.352 e. The molecule has 1 fully saturated rings. The lowest BCUT2D eigenvalue weighted by molar-refractivity contribution is -0.126. The first-order chi connectivity index (χ1) is 9.40. The fraction of sp³-hybridized carbons (Fsp3) is 0.923. The Morgan fingerprint density at radius 1 is 1.38 bits per heavy atom. The molecule has 1 atom stereocenters. The number of hydrogen-bond donors (Lipinski definition) is 2. The summed E-state index contributed by atoms with van der Waals surface area (Å²) in [5, 5.41) is 2.86. The quantitative estimate of drug-likeness (QED) is 0.713. The molecular weight excluding hydrogens is 314 g/mol. The summed E-state index contributed by atoms with van der Waals surface area (Å²) in [6.45, 7) is 5.14. The van der Waals surface area contributed by atoms with Crippen molar-refractivity contribution in [2.75, 3.05) is 25.4 Å². The maximum atomic E-state index is 12.1. The van der Waals surface area contributed by atoms with Crippen LogP contribution in [0.3, 0.4) is 0 Å². The summed E-state index contributed by atoms with van der Waals surface area (Å²) >= 11 is 0. The maximum absolute atomic E-state index is 12.1. The van der Waals surface area contributed by atoms with E-state index in [4.69, 9.17) is 5.73 Å². The molecule has 1 aliphatic heterocycles. The average Bonchev–Trinajstić information content (AvgIpc) is 2.45. The van der Waals surface area contributed by atoms with Gasteiger partial charge in [-0.2, -0.15) is 0 Å². The van der Waals surface area contributed by atoms with E-state index in [0.29, 0.717) is 38.9 Å². The Morgan fingerprint density at radius 2 is 1.95 bits per heavy atom. The van der Waals surface area contributed by atoms with Crippen LogP contribution in [0.5, 0.6) is 0 Å². The van der Waals surface area contributed by atoms with Crippen molar-refractivity contribution in [1.82, 2.24) is 9.62 Å². The van der Waals surface area contributed by atoms with Crippen molar-refractivity contribution in [3.8, 4) is 0 Å². The summed E-state index contributed by atoms with van der Waals surface area (Å²) in [5.41, 5.74) is 5.47. The molecular formula is C13H28ClN3O3S. The summed E-state index contributed by atoms with van der Waals surface area (Å²) in [6.07, 6.45) is 2.74. The van der Waals surface area contributed by atoms with Crippen LogP contribution in [0.2, 0.25) is 0 Å². The van der Waals surface area contributed by atoms with Gasteiger partial charge in [0.2, 0.25) is 15.9 Å². The molecule has 0 aromatic rings. The highest BCUT2D eigenvalue weighted by Gasteiger charge is 2.30. The van der Waals surface area contributed by atoms with Crippen LogP contribution in [0, 0.1) is 5.92 Å². The molecule has 1 aliphatic rings. The Balaban J connectivity index is 0.00000400. The fourth-order valence-electron chi connectivity index (χ4n) is 2.27. The van der Waals surface area contributed by atoms with Crippen LogP contribution in [-0.4, -0.2) is 50.1 Å². The molecule has 1 rings (SSSR count). The molecule has 0 bridgehead atoms. The summed E-state index contributed by atoms with van der Waals surface area (Å²) < 4.78 is 25.6. The van der Waals surface area contributed by atoms with Crippen molar-refractivity contribution in [2.45, 2.75) is 45.6 Å². The van der Waals surface area contributed by atoms with Crippen LogP contribution in [0.1, 0.15) is 39.5 Å². The SMILES string of the molecule is CCCCS(=O)(=O)N1CCC(C(=O)N[C@@H](C)CN)CC1.Cl. The predicted octanol–water partition coefficient (Wildman–Crippen LogP) is 0.714. The number of halogens is 1. The highest BCUT2D eigenvalue weighted by Crippen LogP contribution is 2.20. The van der Waals surface area contributed by atoms with E-state index in [-0.39, 0.29) is 36.0 Å². The smallest absolute Gasteiger partial charge is 0.223 e. The van der Waals surface area contributed by atoms with Crippen molar-refractivity contribution >= 4 is 28.3 Å². The molecule has 3 N–H and O–H groups in total. The molecule has 1 amide bonds. The minimum Gasteiger partial charge on any atom is -0.352 e. The molecule has 0 saturated carbocycles. The monoisotopic (exact) mass is 341 g/mol. The number of nitrogens with one attached hydrogen (secondary N) is 1. The first-order valence-corrected chi connectivity index (χ1v) is 9.00. The fourth-order valence-corrected chi connectivity index (χ4v) is 3.95. The third kappa shape index (κ3) is 6.50. The molecule has 8 heteroatoms. The van der Waals surface area contributed by atoms with Crippen LogP contribution < -0.4 is 11.1 Å². The normalized spacial score (nSPS) is 18.8. The molecule has 0 aromatic carbocycles. The first kappa shape index (κ1) is 20.6. The van der Waals surface area contributed by atoms with Gasteiger partial charge in [-0.1, -0.05) is 13.3 Å². The van der Waals surface area contributed by atoms with Crippen LogP contribution in [0.4, 0.5) is 0 Å². The van der Waals surface area contributed by atoms with E-state index < -0.39 is 10.0 Å². The van der Waals surface area contributed by atoms with Gasteiger partial charge in [-0.15, -0.1) is 12.4 Å². The molecule has 0 spiro atoms. The number of piperidine rings is 1. The maximum Gasteiger partial charge on any atom is 0.223 e. The Kier molecular flexibility index (Phi) is 9.44. The van der Waals surface area contributed by atoms with Gasteiger partial charge < -0.3 is 11.1 Å². The van der Waals surface area contributed by atoms with E-state index in [1.54, 1.807) is 0 Å². The molecule has 0 radical (unpaired) electrons. The highest BCUT2D eigenvalue weighted by molar-refractivity contribution is 7.89. The molecule has 0 unspecified atom stereocenters. The number of carbonyl (C=O) groups is 1. The number of carbonyl (C=O) groups excluding carboxylic acids is 1. The van der Waals surface area contributed by atoms with Crippen molar-refractivity contribution < 1.29 is 13.2 Å². The number of hydrogen-bond acceptors (Lipinski definition) is 4. The van der Waals surface area contributed by atoms with Crippen molar-refractivity contribution in [2.24, 2.45) is 11.7 Å². The van der Waals surface area contributed by atoms with E-state index in [1.165, 1.54) is 4.31 Å².